The first-order chi connectivity index (χ1) is 12.1. The molecule has 7 nitrogen and oxygen atoms in total. The third-order valence-electron chi connectivity index (χ3n) is 4.03. The van der Waals surface area contributed by atoms with Crippen molar-refractivity contribution in [3.05, 3.63) is 46.1 Å². The van der Waals surface area contributed by atoms with Crippen molar-refractivity contribution in [3.8, 4) is 0 Å². The van der Waals surface area contributed by atoms with E-state index >= 15 is 0 Å². The van der Waals surface area contributed by atoms with E-state index < -0.39 is 23.8 Å². The Labute approximate surface area is 148 Å². The maximum Gasteiger partial charge on any atom is 0.341 e. The molecule has 1 amide bonds. The van der Waals surface area contributed by atoms with E-state index in [1.54, 1.807) is 18.2 Å². The van der Waals surface area contributed by atoms with E-state index in [0.29, 0.717) is 23.4 Å². The molecule has 0 bridgehead atoms. The Morgan fingerprint density at radius 3 is 2.68 bits per heavy atom. The summed E-state index contributed by atoms with van der Waals surface area (Å²) in [6, 6.07) is 4.98. The number of aryl methyl sites for hydroxylation is 1. The third kappa shape index (κ3) is 3.12. The number of thiophene rings is 1. The van der Waals surface area contributed by atoms with Crippen molar-refractivity contribution < 1.29 is 23.9 Å². The van der Waals surface area contributed by atoms with Crippen molar-refractivity contribution in [3.63, 3.8) is 0 Å². The van der Waals surface area contributed by atoms with Gasteiger partial charge >= 0.3 is 11.9 Å². The molecule has 0 spiro atoms. The SMILES string of the molecule is COC(=O)c1c(NC(=O)c2ccccn2)sc2c1C(C(=O)OC)CC2. The normalized spacial score (nSPS) is 15.4. The summed E-state index contributed by atoms with van der Waals surface area (Å²) in [4.78, 5) is 41.6. The highest BCUT2D eigenvalue weighted by Crippen LogP contribution is 2.45. The van der Waals surface area contributed by atoms with E-state index in [2.05, 4.69) is 10.3 Å². The lowest BCUT2D eigenvalue weighted by atomic mass is 9.99. The Morgan fingerprint density at radius 2 is 2.04 bits per heavy atom. The summed E-state index contributed by atoms with van der Waals surface area (Å²) >= 11 is 1.28. The number of esters is 2. The molecule has 3 rings (SSSR count). The smallest absolute Gasteiger partial charge is 0.341 e. The number of nitrogens with one attached hydrogen (secondary N) is 1. The number of hydrogen-bond acceptors (Lipinski definition) is 7. The average molecular weight is 360 g/mol. The summed E-state index contributed by atoms with van der Waals surface area (Å²) in [5.41, 5.74) is 1.05. The second-order valence-corrected chi connectivity index (χ2v) is 6.52. The minimum absolute atomic E-state index is 0.222. The van der Waals surface area contributed by atoms with Crippen LogP contribution in [-0.2, 0) is 20.7 Å². The second-order valence-electron chi connectivity index (χ2n) is 5.42. The first-order valence-corrected chi connectivity index (χ1v) is 8.42. The summed E-state index contributed by atoms with van der Waals surface area (Å²) in [5, 5.41) is 3.08. The van der Waals surface area contributed by atoms with Crippen molar-refractivity contribution in [2.24, 2.45) is 0 Å². The molecular weight excluding hydrogens is 344 g/mol. The number of fused-ring (bicyclic) bond motifs is 1. The maximum atomic E-state index is 12.4. The highest BCUT2D eigenvalue weighted by Gasteiger charge is 2.38. The zero-order valence-corrected chi connectivity index (χ0v) is 14.5. The van der Waals surface area contributed by atoms with E-state index in [9.17, 15) is 14.4 Å². The summed E-state index contributed by atoms with van der Waals surface area (Å²) in [5.74, 6) is -1.94. The van der Waals surface area contributed by atoms with Gasteiger partial charge in [0, 0.05) is 11.1 Å². The standard InChI is InChI=1S/C17H16N2O5S/c1-23-16(21)9-6-7-11-12(9)13(17(22)24-2)15(25-11)19-14(20)10-5-3-4-8-18-10/h3-5,8-9H,6-7H2,1-2H3,(H,19,20). The van der Waals surface area contributed by atoms with E-state index in [4.69, 9.17) is 9.47 Å². The van der Waals surface area contributed by atoms with Crippen molar-refractivity contribution in [1.29, 1.82) is 0 Å². The predicted octanol–water partition coefficient (Wildman–Crippen LogP) is 2.38. The van der Waals surface area contributed by atoms with Gasteiger partial charge in [-0.3, -0.25) is 14.6 Å². The number of carbonyl (C=O) groups excluding carboxylic acids is 3. The molecule has 0 saturated carbocycles. The quantitative estimate of drug-likeness (QED) is 0.841. The number of carbonyl (C=O) groups is 3. The number of nitrogens with zero attached hydrogens (tertiary/aromatic N) is 1. The minimum atomic E-state index is -0.593. The first-order valence-electron chi connectivity index (χ1n) is 7.60. The van der Waals surface area contributed by atoms with Crippen LogP contribution in [0.3, 0.4) is 0 Å². The zero-order chi connectivity index (χ0) is 18.0. The van der Waals surface area contributed by atoms with Gasteiger partial charge in [-0.25, -0.2) is 4.79 Å². The summed E-state index contributed by atoms with van der Waals surface area (Å²) in [6.07, 6.45) is 2.73. The molecule has 0 aromatic carbocycles. The Hall–Kier alpha value is -2.74. The van der Waals surface area contributed by atoms with E-state index in [1.807, 2.05) is 0 Å². The molecule has 1 unspecified atom stereocenters. The molecule has 1 aliphatic carbocycles. The van der Waals surface area contributed by atoms with Crippen LogP contribution < -0.4 is 5.32 Å². The van der Waals surface area contributed by atoms with Crippen LogP contribution in [0, 0.1) is 0 Å². The molecule has 8 heteroatoms. The van der Waals surface area contributed by atoms with Crippen LogP contribution in [0.15, 0.2) is 24.4 Å². The van der Waals surface area contributed by atoms with Gasteiger partial charge in [0.15, 0.2) is 0 Å². The lowest BCUT2D eigenvalue weighted by Crippen LogP contribution is -2.18. The molecule has 2 aromatic heterocycles. The summed E-state index contributed by atoms with van der Waals surface area (Å²) in [7, 11) is 2.58. The molecule has 1 N–H and O–H groups in total. The fourth-order valence-corrected chi connectivity index (χ4v) is 4.16. The van der Waals surface area contributed by atoms with Gasteiger partial charge < -0.3 is 14.8 Å². The van der Waals surface area contributed by atoms with Crippen LogP contribution >= 0.6 is 11.3 Å². The number of hydrogen-bond donors (Lipinski definition) is 1. The van der Waals surface area contributed by atoms with Gasteiger partial charge in [-0.2, -0.15) is 0 Å². The number of pyridine rings is 1. The molecule has 25 heavy (non-hydrogen) atoms. The summed E-state index contributed by atoms with van der Waals surface area (Å²) in [6.45, 7) is 0. The molecule has 0 radical (unpaired) electrons. The maximum absolute atomic E-state index is 12.4. The Bertz CT molecular complexity index is 831. The summed E-state index contributed by atoms with van der Waals surface area (Å²) < 4.78 is 9.69. The van der Waals surface area contributed by atoms with E-state index in [-0.39, 0.29) is 11.3 Å². The number of aromatic nitrogens is 1. The van der Waals surface area contributed by atoms with E-state index in [1.165, 1.54) is 31.8 Å². The number of anilines is 1. The largest absolute Gasteiger partial charge is 0.469 e. The second kappa shape index (κ2) is 7.02. The number of ether oxygens (including phenoxy) is 2. The first kappa shape index (κ1) is 17.1. The molecule has 0 aliphatic heterocycles. The van der Waals surface area contributed by atoms with Crippen molar-refractivity contribution in [1.82, 2.24) is 4.98 Å². The van der Waals surface area contributed by atoms with Crippen LogP contribution in [-0.4, -0.2) is 37.0 Å². The van der Waals surface area contributed by atoms with Gasteiger partial charge in [-0.05, 0) is 30.5 Å². The molecule has 2 aromatic rings. The Balaban J connectivity index is 1.99. The molecule has 0 saturated heterocycles. The molecular formula is C17H16N2O5S. The topological polar surface area (TPSA) is 94.6 Å². The molecule has 1 atom stereocenters. The van der Waals surface area contributed by atoms with Crippen LogP contribution in [0.2, 0.25) is 0 Å². The van der Waals surface area contributed by atoms with Gasteiger partial charge in [0.1, 0.15) is 10.7 Å². The monoisotopic (exact) mass is 360 g/mol. The van der Waals surface area contributed by atoms with Crippen molar-refractivity contribution >= 4 is 34.2 Å². The van der Waals surface area contributed by atoms with Gasteiger partial charge in [-0.15, -0.1) is 11.3 Å². The highest BCUT2D eigenvalue weighted by molar-refractivity contribution is 7.17. The van der Waals surface area contributed by atoms with Gasteiger partial charge in [0.2, 0.25) is 0 Å². The molecule has 0 fully saturated rings. The van der Waals surface area contributed by atoms with Gasteiger partial charge in [0.25, 0.3) is 5.91 Å². The zero-order valence-electron chi connectivity index (χ0n) is 13.7. The molecule has 2 heterocycles. The molecule has 130 valence electrons. The average Bonchev–Trinajstić information content (AvgIpc) is 3.19. The van der Waals surface area contributed by atoms with Crippen LogP contribution in [0.1, 0.15) is 43.6 Å². The fraction of sp³-hybridized carbons (Fsp3) is 0.294. The minimum Gasteiger partial charge on any atom is -0.469 e. The number of rotatable bonds is 4. The van der Waals surface area contributed by atoms with E-state index in [0.717, 1.165) is 4.88 Å². The lowest BCUT2D eigenvalue weighted by molar-refractivity contribution is -0.142. The van der Waals surface area contributed by atoms with Crippen LogP contribution in [0.5, 0.6) is 0 Å². The third-order valence-corrected chi connectivity index (χ3v) is 5.21. The Morgan fingerprint density at radius 1 is 1.24 bits per heavy atom. The van der Waals surface area contributed by atoms with Gasteiger partial charge in [0.05, 0.1) is 25.7 Å². The number of amides is 1. The lowest BCUT2D eigenvalue weighted by Gasteiger charge is -2.11. The van der Waals surface area contributed by atoms with Crippen molar-refractivity contribution in [2.75, 3.05) is 19.5 Å². The fourth-order valence-electron chi connectivity index (χ4n) is 2.90. The number of methoxy groups -OCH3 is 2. The van der Waals surface area contributed by atoms with Crippen LogP contribution in [0.4, 0.5) is 5.00 Å². The van der Waals surface area contributed by atoms with Gasteiger partial charge in [-0.1, -0.05) is 6.07 Å². The molecule has 1 aliphatic rings. The predicted molar refractivity (Wildman–Crippen MR) is 90.9 cm³/mol. The highest BCUT2D eigenvalue weighted by atomic mass is 32.1. The van der Waals surface area contributed by atoms with Crippen LogP contribution in [0.25, 0.3) is 0 Å². The van der Waals surface area contributed by atoms with Crippen molar-refractivity contribution in [2.45, 2.75) is 18.8 Å². The Kier molecular flexibility index (Phi) is 4.80.